The third-order valence-electron chi connectivity index (χ3n) is 4.54. The summed E-state index contributed by atoms with van der Waals surface area (Å²) < 4.78 is 33.4. The van der Waals surface area contributed by atoms with Crippen LogP contribution in [0.15, 0.2) is 48.5 Å². The molecular formula is C20H21F2NO2. The molecule has 2 unspecified atom stereocenters. The Bertz CT molecular complexity index is 750. The summed E-state index contributed by atoms with van der Waals surface area (Å²) in [7, 11) is 0. The molecule has 132 valence electrons. The van der Waals surface area contributed by atoms with E-state index in [2.05, 4.69) is 0 Å². The predicted molar refractivity (Wildman–Crippen MR) is 90.9 cm³/mol. The van der Waals surface area contributed by atoms with Crippen LogP contribution in [0.1, 0.15) is 24.2 Å². The van der Waals surface area contributed by atoms with E-state index in [4.69, 9.17) is 4.74 Å². The molecule has 2 aromatic rings. The van der Waals surface area contributed by atoms with E-state index >= 15 is 0 Å². The molecule has 5 heteroatoms. The summed E-state index contributed by atoms with van der Waals surface area (Å²) in [6.45, 7) is 2.92. The Morgan fingerprint density at radius 1 is 1.16 bits per heavy atom. The number of hydrogen-bond donors (Lipinski definition) is 0. The molecular weight excluding hydrogens is 324 g/mol. The number of halogens is 2. The first-order valence-electron chi connectivity index (χ1n) is 8.44. The smallest absolute Gasteiger partial charge is 0.225 e. The maximum absolute atomic E-state index is 14.0. The molecule has 0 radical (unpaired) electrons. The minimum absolute atomic E-state index is 0.0621. The van der Waals surface area contributed by atoms with Crippen LogP contribution in [0.2, 0.25) is 0 Å². The molecule has 25 heavy (non-hydrogen) atoms. The molecule has 0 aliphatic carbocycles. The number of carbonyl (C=O) groups excluding carboxylic acids is 1. The molecule has 3 nitrogen and oxygen atoms in total. The lowest BCUT2D eigenvalue weighted by Crippen LogP contribution is -2.45. The zero-order valence-corrected chi connectivity index (χ0v) is 14.1. The number of nitrogens with zero attached hydrogens (tertiary/aromatic N) is 1. The highest BCUT2D eigenvalue weighted by molar-refractivity contribution is 5.79. The highest BCUT2D eigenvalue weighted by Crippen LogP contribution is 2.26. The summed E-state index contributed by atoms with van der Waals surface area (Å²) >= 11 is 0. The van der Waals surface area contributed by atoms with Crippen LogP contribution in [0.3, 0.4) is 0 Å². The molecule has 0 saturated carbocycles. The van der Waals surface area contributed by atoms with Gasteiger partial charge in [0, 0.05) is 18.0 Å². The largest absolute Gasteiger partial charge is 0.370 e. The number of morpholine rings is 1. The lowest BCUT2D eigenvalue weighted by atomic mass is 9.98. The average molecular weight is 345 g/mol. The second-order valence-electron chi connectivity index (χ2n) is 6.36. The van der Waals surface area contributed by atoms with E-state index in [1.165, 1.54) is 12.1 Å². The first-order valence-corrected chi connectivity index (χ1v) is 8.44. The summed E-state index contributed by atoms with van der Waals surface area (Å²) in [4.78, 5) is 14.4. The molecule has 1 aliphatic rings. The SMILES string of the molecule is CC(Cc1ccccc1F)C(=O)N1CCOC(c2ccccc2F)C1. The number of hydrogen-bond acceptors (Lipinski definition) is 2. The molecule has 0 spiro atoms. The topological polar surface area (TPSA) is 29.5 Å². The van der Waals surface area contributed by atoms with E-state index in [-0.39, 0.29) is 23.5 Å². The first kappa shape index (κ1) is 17.5. The van der Waals surface area contributed by atoms with E-state index in [9.17, 15) is 13.6 Å². The van der Waals surface area contributed by atoms with Crippen molar-refractivity contribution in [2.24, 2.45) is 5.92 Å². The van der Waals surface area contributed by atoms with Crippen LogP contribution in [0.4, 0.5) is 8.78 Å². The quantitative estimate of drug-likeness (QED) is 0.845. The van der Waals surface area contributed by atoms with Crippen LogP contribution in [0.5, 0.6) is 0 Å². The third-order valence-corrected chi connectivity index (χ3v) is 4.54. The van der Waals surface area contributed by atoms with Crippen molar-refractivity contribution in [3.63, 3.8) is 0 Å². The van der Waals surface area contributed by atoms with Crippen molar-refractivity contribution in [2.45, 2.75) is 19.4 Å². The summed E-state index contributed by atoms with van der Waals surface area (Å²) in [5.41, 5.74) is 0.990. The number of rotatable bonds is 4. The van der Waals surface area contributed by atoms with Gasteiger partial charge in [0.25, 0.3) is 0 Å². The maximum atomic E-state index is 14.0. The molecule has 1 heterocycles. The van der Waals surface area contributed by atoms with E-state index in [1.807, 2.05) is 0 Å². The van der Waals surface area contributed by atoms with Crippen LogP contribution in [-0.4, -0.2) is 30.5 Å². The molecule has 1 aliphatic heterocycles. The van der Waals surface area contributed by atoms with Gasteiger partial charge >= 0.3 is 0 Å². The van der Waals surface area contributed by atoms with Crippen molar-refractivity contribution in [1.29, 1.82) is 0 Å². The summed E-state index contributed by atoms with van der Waals surface area (Å²) in [5.74, 6) is -1.04. The highest BCUT2D eigenvalue weighted by Gasteiger charge is 2.29. The minimum Gasteiger partial charge on any atom is -0.370 e. The van der Waals surface area contributed by atoms with E-state index in [1.54, 1.807) is 48.2 Å². The Morgan fingerprint density at radius 3 is 2.56 bits per heavy atom. The van der Waals surface area contributed by atoms with Gasteiger partial charge in [0.05, 0.1) is 13.2 Å². The lowest BCUT2D eigenvalue weighted by molar-refractivity contribution is -0.142. The van der Waals surface area contributed by atoms with Gasteiger partial charge in [-0.05, 0) is 24.1 Å². The van der Waals surface area contributed by atoms with Crippen LogP contribution in [-0.2, 0) is 16.0 Å². The lowest BCUT2D eigenvalue weighted by Gasteiger charge is -2.34. The Balaban J connectivity index is 1.67. The molecule has 1 saturated heterocycles. The minimum atomic E-state index is -0.473. The van der Waals surface area contributed by atoms with Crippen LogP contribution >= 0.6 is 0 Å². The molecule has 0 aromatic heterocycles. The van der Waals surface area contributed by atoms with Crippen molar-refractivity contribution in [3.8, 4) is 0 Å². The van der Waals surface area contributed by atoms with E-state index in [0.717, 1.165) is 0 Å². The highest BCUT2D eigenvalue weighted by atomic mass is 19.1. The number of ether oxygens (including phenoxy) is 1. The number of amides is 1. The van der Waals surface area contributed by atoms with Crippen molar-refractivity contribution < 1.29 is 18.3 Å². The molecule has 3 rings (SSSR count). The standard InChI is InChI=1S/C20H21F2NO2/c1-14(12-15-6-2-4-8-17(15)21)20(24)23-10-11-25-19(13-23)16-7-3-5-9-18(16)22/h2-9,14,19H,10-13H2,1H3. The average Bonchev–Trinajstić information content (AvgIpc) is 2.63. The normalized spacial score (nSPS) is 18.8. The van der Waals surface area contributed by atoms with E-state index < -0.39 is 6.10 Å². The van der Waals surface area contributed by atoms with E-state index in [0.29, 0.717) is 37.2 Å². The fourth-order valence-electron chi connectivity index (χ4n) is 3.17. The van der Waals surface area contributed by atoms with Gasteiger partial charge in [-0.3, -0.25) is 4.79 Å². The van der Waals surface area contributed by atoms with Crippen LogP contribution in [0, 0.1) is 17.6 Å². The van der Waals surface area contributed by atoms with Crippen molar-refractivity contribution in [3.05, 3.63) is 71.3 Å². The van der Waals surface area contributed by atoms with Crippen LogP contribution < -0.4 is 0 Å². The van der Waals surface area contributed by atoms with Crippen molar-refractivity contribution >= 4 is 5.91 Å². The second kappa shape index (κ2) is 7.74. The number of carbonyl (C=O) groups is 1. The van der Waals surface area contributed by atoms with Gasteiger partial charge < -0.3 is 9.64 Å². The zero-order chi connectivity index (χ0) is 17.8. The van der Waals surface area contributed by atoms with Gasteiger partial charge in [-0.1, -0.05) is 43.3 Å². The third kappa shape index (κ3) is 4.04. The monoisotopic (exact) mass is 345 g/mol. The molecule has 0 bridgehead atoms. The van der Waals surface area contributed by atoms with Crippen molar-refractivity contribution in [2.75, 3.05) is 19.7 Å². The Hall–Kier alpha value is -2.27. The predicted octanol–water partition coefficient (Wildman–Crippen LogP) is 3.74. The Morgan fingerprint density at radius 2 is 1.84 bits per heavy atom. The summed E-state index contributed by atoms with van der Waals surface area (Å²) in [6, 6.07) is 12.9. The van der Waals surface area contributed by atoms with Gasteiger partial charge in [0.2, 0.25) is 5.91 Å². The summed E-state index contributed by atoms with van der Waals surface area (Å²) in [5, 5.41) is 0. The number of benzene rings is 2. The van der Waals surface area contributed by atoms with Gasteiger partial charge in [0.1, 0.15) is 17.7 Å². The fraction of sp³-hybridized carbons (Fsp3) is 0.350. The Labute approximate surface area is 146 Å². The molecule has 2 aromatic carbocycles. The maximum Gasteiger partial charge on any atom is 0.225 e. The van der Waals surface area contributed by atoms with Gasteiger partial charge in [-0.25, -0.2) is 8.78 Å². The molecule has 1 fully saturated rings. The molecule has 1 amide bonds. The first-order chi connectivity index (χ1) is 12.1. The van der Waals surface area contributed by atoms with Gasteiger partial charge in [0.15, 0.2) is 0 Å². The summed E-state index contributed by atoms with van der Waals surface area (Å²) in [6.07, 6.45) is -0.132. The van der Waals surface area contributed by atoms with Gasteiger partial charge in [-0.2, -0.15) is 0 Å². The van der Waals surface area contributed by atoms with Crippen molar-refractivity contribution in [1.82, 2.24) is 4.90 Å². The zero-order valence-electron chi connectivity index (χ0n) is 14.1. The van der Waals surface area contributed by atoms with Crippen LogP contribution in [0.25, 0.3) is 0 Å². The van der Waals surface area contributed by atoms with Gasteiger partial charge in [-0.15, -0.1) is 0 Å². The molecule has 0 N–H and O–H groups in total. The Kier molecular flexibility index (Phi) is 5.43. The second-order valence-corrected chi connectivity index (χ2v) is 6.36. The molecule has 2 atom stereocenters. The fourth-order valence-corrected chi connectivity index (χ4v) is 3.17.